The van der Waals surface area contributed by atoms with Gasteiger partial charge in [0.25, 0.3) is 0 Å². The molecular weight excluding hydrogens is 304 g/mol. The summed E-state index contributed by atoms with van der Waals surface area (Å²) in [5, 5.41) is 3.30. The highest BCUT2D eigenvalue weighted by Crippen LogP contribution is 2.25. The molecule has 1 aliphatic rings. The van der Waals surface area contributed by atoms with Gasteiger partial charge in [-0.15, -0.1) is 0 Å². The van der Waals surface area contributed by atoms with Gasteiger partial charge in [0, 0.05) is 25.2 Å². The number of rotatable bonds is 4. The summed E-state index contributed by atoms with van der Waals surface area (Å²) in [6.45, 7) is 5.79. The lowest BCUT2D eigenvalue weighted by molar-refractivity contribution is 0.0600. The van der Waals surface area contributed by atoms with Crippen LogP contribution < -0.4 is 10.2 Å². The molecule has 0 spiro atoms. The number of fused-ring (bicyclic) bond motifs is 1. The Morgan fingerprint density at radius 1 is 1.25 bits per heavy atom. The number of nitrogens with zero attached hydrogens (tertiary/aromatic N) is 3. The van der Waals surface area contributed by atoms with E-state index in [9.17, 15) is 4.79 Å². The van der Waals surface area contributed by atoms with Gasteiger partial charge in [0.05, 0.1) is 12.7 Å². The van der Waals surface area contributed by atoms with Crippen molar-refractivity contribution in [3.63, 3.8) is 0 Å². The van der Waals surface area contributed by atoms with Crippen LogP contribution in [0.25, 0.3) is 0 Å². The van der Waals surface area contributed by atoms with Gasteiger partial charge >= 0.3 is 5.97 Å². The lowest BCUT2D eigenvalue weighted by Gasteiger charge is -2.30. The molecule has 126 valence electrons. The molecule has 0 radical (unpaired) electrons. The van der Waals surface area contributed by atoms with Crippen LogP contribution in [-0.4, -0.2) is 35.6 Å². The summed E-state index contributed by atoms with van der Waals surface area (Å²) in [6.07, 6.45) is 2.47. The first kappa shape index (κ1) is 16.2. The Kier molecular flexibility index (Phi) is 4.64. The Balaban J connectivity index is 1.79. The number of aromatic nitrogens is 2. The van der Waals surface area contributed by atoms with E-state index < -0.39 is 0 Å². The van der Waals surface area contributed by atoms with Crippen molar-refractivity contribution in [2.24, 2.45) is 0 Å². The van der Waals surface area contributed by atoms with Crippen LogP contribution in [0.1, 0.15) is 35.3 Å². The van der Waals surface area contributed by atoms with Gasteiger partial charge in [0.15, 0.2) is 0 Å². The fourth-order valence-electron chi connectivity index (χ4n) is 2.89. The fraction of sp³-hybridized carbons (Fsp3) is 0.389. The minimum absolute atomic E-state index is 0.291. The zero-order valence-electron chi connectivity index (χ0n) is 14.2. The number of esters is 1. The second-order valence-corrected chi connectivity index (χ2v) is 6.21. The molecule has 1 aliphatic heterocycles. The number of benzene rings is 1. The van der Waals surface area contributed by atoms with E-state index in [2.05, 4.69) is 34.0 Å². The summed E-state index contributed by atoms with van der Waals surface area (Å²) in [5.74, 6) is 1.46. The quantitative estimate of drug-likeness (QED) is 0.871. The summed E-state index contributed by atoms with van der Waals surface area (Å²) < 4.78 is 4.79. The molecule has 1 aromatic carbocycles. The third kappa shape index (κ3) is 3.48. The highest BCUT2D eigenvalue weighted by molar-refractivity contribution is 5.89. The molecule has 0 unspecified atom stereocenters. The molecule has 2 heterocycles. The Morgan fingerprint density at radius 2 is 2.08 bits per heavy atom. The van der Waals surface area contributed by atoms with Gasteiger partial charge in [-0.2, -0.15) is 0 Å². The first-order valence-corrected chi connectivity index (χ1v) is 8.10. The number of hydrogen-bond donors (Lipinski definition) is 1. The molecule has 0 fully saturated rings. The van der Waals surface area contributed by atoms with Gasteiger partial charge in [-0.3, -0.25) is 0 Å². The van der Waals surface area contributed by atoms with Crippen molar-refractivity contribution in [2.45, 2.75) is 32.9 Å². The topological polar surface area (TPSA) is 67.3 Å². The van der Waals surface area contributed by atoms with Crippen LogP contribution >= 0.6 is 0 Å². The van der Waals surface area contributed by atoms with Gasteiger partial charge in [0.2, 0.25) is 0 Å². The van der Waals surface area contributed by atoms with Gasteiger partial charge in [-0.25, -0.2) is 14.8 Å². The molecule has 0 aliphatic carbocycles. The SMILES string of the molecule is COC(=O)c1ccc2c(c1)CCN(c1cc(NC(C)C)ncn1)C2. The van der Waals surface area contributed by atoms with E-state index in [0.717, 1.165) is 31.1 Å². The van der Waals surface area contributed by atoms with Crippen LogP contribution in [-0.2, 0) is 17.7 Å². The predicted molar refractivity (Wildman–Crippen MR) is 93.3 cm³/mol. The van der Waals surface area contributed by atoms with Crippen LogP contribution in [0.3, 0.4) is 0 Å². The van der Waals surface area contributed by atoms with Crippen molar-refractivity contribution in [3.8, 4) is 0 Å². The lowest BCUT2D eigenvalue weighted by Crippen LogP contribution is -2.31. The molecule has 6 nitrogen and oxygen atoms in total. The third-order valence-electron chi connectivity index (χ3n) is 4.05. The van der Waals surface area contributed by atoms with Crippen molar-refractivity contribution < 1.29 is 9.53 Å². The molecule has 0 bridgehead atoms. The zero-order valence-corrected chi connectivity index (χ0v) is 14.2. The van der Waals surface area contributed by atoms with Crippen molar-refractivity contribution in [1.82, 2.24) is 9.97 Å². The first-order chi connectivity index (χ1) is 11.6. The van der Waals surface area contributed by atoms with Gasteiger partial charge in [-0.1, -0.05) is 6.07 Å². The summed E-state index contributed by atoms with van der Waals surface area (Å²) in [7, 11) is 1.40. The summed E-state index contributed by atoms with van der Waals surface area (Å²) in [4.78, 5) is 22.5. The van der Waals surface area contributed by atoms with Crippen molar-refractivity contribution in [3.05, 3.63) is 47.3 Å². The molecule has 6 heteroatoms. The van der Waals surface area contributed by atoms with Crippen molar-refractivity contribution in [1.29, 1.82) is 0 Å². The highest BCUT2D eigenvalue weighted by atomic mass is 16.5. The Hall–Kier alpha value is -2.63. The summed E-state index contributed by atoms with van der Waals surface area (Å²) in [6, 6.07) is 8.06. The highest BCUT2D eigenvalue weighted by Gasteiger charge is 2.19. The molecule has 0 amide bonds. The average Bonchev–Trinajstić information content (AvgIpc) is 2.59. The van der Waals surface area contributed by atoms with Gasteiger partial charge in [-0.05, 0) is 43.5 Å². The number of carbonyl (C=O) groups excluding carboxylic acids is 1. The third-order valence-corrected chi connectivity index (χ3v) is 4.05. The number of carbonyl (C=O) groups is 1. The minimum atomic E-state index is -0.291. The molecular formula is C18H22N4O2. The molecule has 3 rings (SSSR count). The van der Waals surface area contributed by atoms with Crippen molar-refractivity contribution >= 4 is 17.6 Å². The fourth-order valence-corrected chi connectivity index (χ4v) is 2.89. The number of methoxy groups -OCH3 is 1. The summed E-state index contributed by atoms with van der Waals surface area (Å²) >= 11 is 0. The molecule has 2 aromatic rings. The molecule has 0 atom stereocenters. The van der Waals surface area contributed by atoms with Crippen molar-refractivity contribution in [2.75, 3.05) is 23.9 Å². The Morgan fingerprint density at radius 3 is 2.83 bits per heavy atom. The molecule has 0 saturated heterocycles. The largest absolute Gasteiger partial charge is 0.465 e. The van der Waals surface area contributed by atoms with Gasteiger partial charge < -0.3 is 15.0 Å². The van der Waals surface area contributed by atoms with Crippen LogP contribution in [0.4, 0.5) is 11.6 Å². The van der Waals surface area contributed by atoms with Crippen LogP contribution in [0, 0.1) is 0 Å². The average molecular weight is 326 g/mol. The van der Waals surface area contributed by atoms with Gasteiger partial charge in [0.1, 0.15) is 18.0 Å². The lowest BCUT2D eigenvalue weighted by atomic mass is 9.97. The molecule has 1 aromatic heterocycles. The maximum atomic E-state index is 11.7. The maximum Gasteiger partial charge on any atom is 0.337 e. The molecule has 24 heavy (non-hydrogen) atoms. The van der Waals surface area contributed by atoms with E-state index in [1.54, 1.807) is 6.33 Å². The Bertz CT molecular complexity index is 746. The number of ether oxygens (including phenoxy) is 1. The van der Waals surface area contributed by atoms with E-state index >= 15 is 0 Å². The van der Waals surface area contributed by atoms with E-state index in [1.165, 1.54) is 18.2 Å². The molecule has 1 N–H and O–H groups in total. The predicted octanol–water partition coefficient (Wildman–Crippen LogP) is 2.65. The van der Waals surface area contributed by atoms with Crippen LogP contribution in [0.5, 0.6) is 0 Å². The second kappa shape index (κ2) is 6.86. The summed E-state index contributed by atoms with van der Waals surface area (Å²) in [5.41, 5.74) is 3.02. The first-order valence-electron chi connectivity index (χ1n) is 8.10. The smallest absolute Gasteiger partial charge is 0.337 e. The van der Waals surface area contributed by atoms with E-state index in [0.29, 0.717) is 11.6 Å². The van der Waals surface area contributed by atoms with E-state index in [1.807, 2.05) is 24.3 Å². The standard InChI is InChI=1S/C18H22N4O2/c1-12(2)21-16-9-17(20-11-19-16)22-7-6-13-8-14(18(23)24-3)4-5-15(13)10-22/h4-5,8-9,11-12H,6-7,10H2,1-3H3,(H,19,20,21). The number of anilines is 2. The molecule has 0 saturated carbocycles. The second-order valence-electron chi connectivity index (χ2n) is 6.21. The van der Waals surface area contributed by atoms with Crippen LogP contribution in [0.15, 0.2) is 30.6 Å². The monoisotopic (exact) mass is 326 g/mol. The number of nitrogens with one attached hydrogen (secondary N) is 1. The van der Waals surface area contributed by atoms with E-state index in [4.69, 9.17) is 4.74 Å². The van der Waals surface area contributed by atoms with Crippen LogP contribution in [0.2, 0.25) is 0 Å². The maximum absolute atomic E-state index is 11.7. The normalized spacial score (nSPS) is 13.6. The minimum Gasteiger partial charge on any atom is -0.465 e. The van der Waals surface area contributed by atoms with E-state index in [-0.39, 0.29) is 5.97 Å². The zero-order chi connectivity index (χ0) is 17.1. The Labute approximate surface area is 141 Å². The number of hydrogen-bond acceptors (Lipinski definition) is 6.